The molecule has 5 nitrogen and oxygen atoms in total. The maximum Gasteiger partial charge on any atom is 0.313 e. The van der Waals surface area contributed by atoms with Crippen molar-refractivity contribution in [1.29, 1.82) is 0 Å². The molecule has 0 saturated carbocycles. The van der Waals surface area contributed by atoms with Crippen molar-refractivity contribution in [2.75, 3.05) is 5.32 Å². The van der Waals surface area contributed by atoms with E-state index in [1.165, 1.54) is 24.3 Å². The quantitative estimate of drug-likeness (QED) is 0.601. The SMILES string of the molecule is O=C(NCc1ccccc1Cl)C(=O)Nc1ccc(O)cc1. The second-order valence-electron chi connectivity index (χ2n) is 4.28. The van der Waals surface area contributed by atoms with Gasteiger partial charge in [-0.2, -0.15) is 0 Å². The molecule has 0 aliphatic carbocycles. The van der Waals surface area contributed by atoms with Gasteiger partial charge in [-0.05, 0) is 35.9 Å². The molecule has 0 bridgehead atoms. The van der Waals surface area contributed by atoms with E-state index >= 15 is 0 Å². The fraction of sp³-hybridized carbons (Fsp3) is 0.0667. The van der Waals surface area contributed by atoms with Gasteiger partial charge in [0.05, 0.1) is 0 Å². The first-order chi connectivity index (χ1) is 10.1. The number of halogens is 1. The molecule has 0 unspecified atom stereocenters. The summed E-state index contributed by atoms with van der Waals surface area (Å²) in [4.78, 5) is 23.4. The number of phenolic OH excluding ortho intramolecular Hbond substituents is 1. The molecule has 6 heteroatoms. The van der Waals surface area contributed by atoms with Gasteiger partial charge in [-0.15, -0.1) is 0 Å². The van der Waals surface area contributed by atoms with Crippen LogP contribution in [0.3, 0.4) is 0 Å². The molecular formula is C15H13ClN2O3. The van der Waals surface area contributed by atoms with E-state index in [1.54, 1.807) is 24.3 Å². The number of aromatic hydroxyl groups is 1. The maximum absolute atomic E-state index is 11.7. The highest BCUT2D eigenvalue weighted by atomic mass is 35.5. The number of rotatable bonds is 3. The number of anilines is 1. The van der Waals surface area contributed by atoms with Crippen LogP contribution in [0.5, 0.6) is 5.75 Å². The van der Waals surface area contributed by atoms with Crippen molar-refractivity contribution in [1.82, 2.24) is 5.32 Å². The third-order valence-electron chi connectivity index (χ3n) is 2.73. The molecule has 0 saturated heterocycles. The average molecular weight is 305 g/mol. The van der Waals surface area contributed by atoms with Crippen LogP contribution in [0.25, 0.3) is 0 Å². The molecule has 0 heterocycles. The van der Waals surface area contributed by atoms with E-state index in [9.17, 15) is 9.59 Å². The van der Waals surface area contributed by atoms with Crippen molar-refractivity contribution in [3.8, 4) is 5.75 Å². The van der Waals surface area contributed by atoms with E-state index < -0.39 is 11.8 Å². The van der Waals surface area contributed by atoms with Gasteiger partial charge in [0.2, 0.25) is 0 Å². The Hall–Kier alpha value is -2.53. The number of phenols is 1. The molecule has 0 aliphatic heterocycles. The summed E-state index contributed by atoms with van der Waals surface area (Å²) < 4.78 is 0. The normalized spacial score (nSPS) is 9.95. The summed E-state index contributed by atoms with van der Waals surface area (Å²) in [5.74, 6) is -1.47. The number of carbonyl (C=O) groups excluding carboxylic acids is 2. The molecule has 3 N–H and O–H groups in total. The van der Waals surface area contributed by atoms with Crippen LogP contribution in [0.15, 0.2) is 48.5 Å². The molecule has 2 amide bonds. The van der Waals surface area contributed by atoms with Gasteiger partial charge >= 0.3 is 11.8 Å². The molecule has 0 aliphatic rings. The summed E-state index contributed by atoms with van der Waals surface area (Å²) in [6.07, 6.45) is 0. The largest absolute Gasteiger partial charge is 0.508 e. The van der Waals surface area contributed by atoms with Crippen molar-refractivity contribution in [3.63, 3.8) is 0 Å². The lowest BCUT2D eigenvalue weighted by atomic mass is 10.2. The molecule has 0 aromatic heterocycles. The van der Waals surface area contributed by atoms with E-state index in [-0.39, 0.29) is 12.3 Å². The Morgan fingerprint density at radius 2 is 1.67 bits per heavy atom. The summed E-state index contributed by atoms with van der Waals surface area (Å²) in [6.45, 7) is 0.168. The first-order valence-corrected chi connectivity index (χ1v) is 6.55. The summed E-state index contributed by atoms with van der Waals surface area (Å²) in [6, 6.07) is 12.9. The zero-order valence-electron chi connectivity index (χ0n) is 11.0. The molecule has 0 fully saturated rings. The van der Waals surface area contributed by atoms with Gasteiger partial charge in [0, 0.05) is 17.3 Å². The zero-order chi connectivity index (χ0) is 15.2. The second kappa shape index (κ2) is 6.76. The minimum atomic E-state index is -0.784. The highest BCUT2D eigenvalue weighted by Gasteiger charge is 2.13. The Kier molecular flexibility index (Phi) is 4.79. The predicted octanol–water partition coefficient (Wildman–Crippen LogP) is 2.30. The zero-order valence-corrected chi connectivity index (χ0v) is 11.7. The van der Waals surface area contributed by atoms with Crippen LogP contribution in [0.1, 0.15) is 5.56 Å². The Balaban J connectivity index is 1.90. The number of hydrogen-bond donors (Lipinski definition) is 3. The summed E-state index contributed by atoms with van der Waals surface area (Å²) in [5.41, 5.74) is 1.15. The minimum Gasteiger partial charge on any atom is -0.508 e. The fourth-order valence-electron chi connectivity index (χ4n) is 1.63. The molecular weight excluding hydrogens is 292 g/mol. The van der Waals surface area contributed by atoms with E-state index in [0.717, 1.165) is 5.56 Å². The minimum absolute atomic E-state index is 0.0798. The Labute approximate surface area is 126 Å². The predicted molar refractivity (Wildman–Crippen MR) is 80.0 cm³/mol. The van der Waals surface area contributed by atoms with Crippen LogP contribution < -0.4 is 10.6 Å². The number of nitrogens with one attached hydrogen (secondary N) is 2. The van der Waals surface area contributed by atoms with E-state index in [1.807, 2.05) is 0 Å². The number of hydrogen-bond acceptors (Lipinski definition) is 3. The van der Waals surface area contributed by atoms with Crippen LogP contribution in [0.2, 0.25) is 5.02 Å². The molecule has 0 atom stereocenters. The van der Waals surface area contributed by atoms with Crippen LogP contribution >= 0.6 is 11.6 Å². The maximum atomic E-state index is 11.7. The van der Waals surface area contributed by atoms with E-state index in [2.05, 4.69) is 10.6 Å². The van der Waals surface area contributed by atoms with Gasteiger partial charge in [-0.25, -0.2) is 0 Å². The molecule has 2 aromatic carbocycles. The summed E-state index contributed by atoms with van der Waals surface area (Å²) in [5, 5.41) is 14.6. The first-order valence-electron chi connectivity index (χ1n) is 6.18. The fourth-order valence-corrected chi connectivity index (χ4v) is 1.83. The first kappa shape index (κ1) is 14.9. The van der Waals surface area contributed by atoms with Crippen molar-refractivity contribution in [2.45, 2.75) is 6.54 Å². The monoisotopic (exact) mass is 304 g/mol. The van der Waals surface area contributed by atoms with E-state index in [4.69, 9.17) is 16.7 Å². The lowest BCUT2D eigenvalue weighted by Crippen LogP contribution is -2.35. The third kappa shape index (κ3) is 4.22. The molecule has 0 spiro atoms. The molecule has 0 radical (unpaired) electrons. The Morgan fingerprint density at radius 3 is 2.33 bits per heavy atom. The number of benzene rings is 2. The molecule has 108 valence electrons. The highest BCUT2D eigenvalue weighted by Crippen LogP contribution is 2.15. The Morgan fingerprint density at radius 1 is 1.00 bits per heavy atom. The van der Waals surface area contributed by atoms with Gasteiger partial charge in [0.1, 0.15) is 5.75 Å². The van der Waals surface area contributed by atoms with Gasteiger partial charge in [-0.1, -0.05) is 29.8 Å². The van der Waals surface area contributed by atoms with Gasteiger partial charge in [-0.3, -0.25) is 9.59 Å². The second-order valence-corrected chi connectivity index (χ2v) is 4.68. The number of carbonyl (C=O) groups is 2. The highest BCUT2D eigenvalue weighted by molar-refractivity contribution is 6.39. The Bertz CT molecular complexity index is 656. The topological polar surface area (TPSA) is 78.4 Å². The molecule has 2 rings (SSSR count). The van der Waals surface area contributed by atoms with Gasteiger partial charge in [0.15, 0.2) is 0 Å². The summed E-state index contributed by atoms with van der Waals surface area (Å²) >= 11 is 5.96. The van der Waals surface area contributed by atoms with Gasteiger partial charge in [0.25, 0.3) is 0 Å². The van der Waals surface area contributed by atoms with Crippen LogP contribution in [-0.2, 0) is 16.1 Å². The van der Waals surface area contributed by atoms with Crippen LogP contribution in [0, 0.1) is 0 Å². The van der Waals surface area contributed by atoms with Crippen LogP contribution in [0.4, 0.5) is 5.69 Å². The van der Waals surface area contributed by atoms with Crippen molar-refractivity contribution >= 4 is 29.1 Å². The third-order valence-corrected chi connectivity index (χ3v) is 3.10. The smallest absolute Gasteiger partial charge is 0.313 e. The molecule has 2 aromatic rings. The lowest BCUT2D eigenvalue weighted by molar-refractivity contribution is -0.136. The number of amides is 2. The average Bonchev–Trinajstić information content (AvgIpc) is 2.48. The summed E-state index contributed by atoms with van der Waals surface area (Å²) in [7, 11) is 0. The standard InChI is InChI=1S/C15H13ClN2O3/c16-13-4-2-1-3-10(13)9-17-14(20)15(21)18-11-5-7-12(19)8-6-11/h1-8,19H,9H2,(H,17,20)(H,18,21). The lowest BCUT2D eigenvalue weighted by Gasteiger charge is -2.07. The van der Waals surface area contributed by atoms with E-state index in [0.29, 0.717) is 10.7 Å². The van der Waals surface area contributed by atoms with Crippen molar-refractivity contribution in [3.05, 3.63) is 59.1 Å². The van der Waals surface area contributed by atoms with Gasteiger partial charge < -0.3 is 15.7 Å². The van der Waals surface area contributed by atoms with Crippen LogP contribution in [-0.4, -0.2) is 16.9 Å². The van der Waals surface area contributed by atoms with Crippen molar-refractivity contribution < 1.29 is 14.7 Å². The van der Waals surface area contributed by atoms with Crippen molar-refractivity contribution in [2.24, 2.45) is 0 Å². The molecule has 21 heavy (non-hydrogen) atoms.